The Morgan fingerprint density at radius 1 is 1.21 bits per heavy atom. The molecule has 0 saturated heterocycles. The first-order valence-corrected chi connectivity index (χ1v) is 6.31. The van der Waals surface area contributed by atoms with Gasteiger partial charge in [0.15, 0.2) is 5.78 Å². The lowest BCUT2D eigenvalue weighted by molar-refractivity contribution is -0.139. The molecule has 0 atom stereocenters. The minimum absolute atomic E-state index is 0.0636. The number of benzene rings is 1. The van der Waals surface area contributed by atoms with Crippen LogP contribution in [0.25, 0.3) is 0 Å². The predicted octanol–water partition coefficient (Wildman–Crippen LogP) is 3.80. The maximum atomic E-state index is 13.6. The lowest BCUT2D eigenvalue weighted by atomic mass is 9.82. The van der Waals surface area contributed by atoms with Crippen molar-refractivity contribution >= 4 is 27.7 Å². The third-order valence-electron chi connectivity index (χ3n) is 2.58. The lowest BCUT2D eigenvalue weighted by Gasteiger charge is -2.21. The summed E-state index contributed by atoms with van der Waals surface area (Å²) in [6.45, 7) is 3.18. The Morgan fingerprint density at radius 3 is 2.32 bits per heavy atom. The minimum Gasteiger partial charge on any atom is -0.481 e. The van der Waals surface area contributed by atoms with E-state index in [0.717, 1.165) is 12.1 Å². The van der Waals surface area contributed by atoms with Crippen molar-refractivity contribution < 1.29 is 23.5 Å². The zero-order valence-electron chi connectivity index (χ0n) is 10.5. The van der Waals surface area contributed by atoms with Crippen molar-refractivity contribution in [3.05, 3.63) is 33.8 Å². The van der Waals surface area contributed by atoms with E-state index in [-0.39, 0.29) is 22.9 Å². The van der Waals surface area contributed by atoms with Crippen LogP contribution in [0.4, 0.5) is 8.78 Å². The molecule has 104 valence electrons. The first-order valence-electron chi connectivity index (χ1n) is 5.52. The van der Waals surface area contributed by atoms with E-state index in [0.29, 0.717) is 0 Å². The largest absolute Gasteiger partial charge is 0.481 e. The number of carboxylic acid groups (broad SMARTS) is 1. The van der Waals surface area contributed by atoms with E-state index in [1.165, 1.54) is 0 Å². The van der Waals surface area contributed by atoms with Gasteiger partial charge in [0.2, 0.25) is 0 Å². The molecule has 1 N–H and O–H groups in total. The fraction of sp³-hybridized carbons (Fsp3) is 0.385. The zero-order chi connectivity index (χ0) is 14.8. The fourth-order valence-electron chi connectivity index (χ4n) is 1.74. The van der Waals surface area contributed by atoms with E-state index >= 15 is 0 Å². The van der Waals surface area contributed by atoms with Crippen molar-refractivity contribution in [1.29, 1.82) is 0 Å². The van der Waals surface area contributed by atoms with Crippen LogP contribution in [0.1, 0.15) is 37.0 Å². The molecule has 0 fully saturated rings. The monoisotopic (exact) mass is 334 g/mol. The molecule has 0 radical (unpaired) electrons. The average molecular weight is 335 g/mol. The zero-order valence-corrected chi connectivity index (χ0v) is 12.1. The number of ketones is 1. The number of Topliss-reactive ketones (excluding diaryl/α,β-unsaturated/α-hetero) is 1. The van der Waals surface area contributed by atoms with E-state index in [2.05, 4.69) is 15.9 Å². The summed E-state index contributed by atoms with van der Waals surface area (Å²) < 4.78 is 26.8. The summed E-state index contributed by atoms with van der Waals surface area (Å²) in [7, 11) is 0. The Bertz CT molecular complexity index is 527. The summed E-state index contributed by atoms with van der Waals surface area (Å²) >= 11 is 2.82. The first kappa shape index (κ1) is 15.8. The molecular formula is C13H13BrF2O3. The van der Waals surface area contributed by atoms with Crippen LogP contribution in [-0.4, -0.2) is 16.9 Å². The summed E-state index contributed by atoms with van der Waals surface area (Å²) in [6.07, 6.45) is -0.392. The van der Waals surface area contributed by atoms with Gasteiger partial charge in [0.05, 0.1) is 16.5 Å². The number of hydrogen-bond acceptors (Lipinski definition) is 2. The summed E-state index contributed by atoms with van der Waals surface area (Å²) in [5.41, 5.74) is -1.18. The molecule has 1 aromatic rings. The molecule has 0 amide bonds. The van der Waals surface area contributed by atoms with Crippen LogP contribution in [0.2, 0.25) is 0 Å². The van der Waals surface area contributed by atoms with Crippen molar-refractivity contribution in [2.24, 2.45) is 5.41 Å². The number of carboxylic acids is 1. The highest BCUT2D eigenvalue weighted by atomic mass is 79.9. The molecule has 0 aliphatic carbocycles. The van der Waals surface area contributed by atoms with Crippen LogP contribution < -0.4 is 0 Å². The van der Waals surface area contributed by atoms with Gasteiger partial charge in [-0.1, -0.05) is 13.8 Å². The summed E-state index contributed by atoms with van der Waals surface area (Å²) in [4.78, 5) is 22.6. The van der Waals surface area contributed by atoms with Crippen molar-refractivity contribution in [2.75, 3.05) is 0 Å². The van der Waals surface area contributed by atoms with Gasteiger partial charge in [0.25, 0.3) is 0 Å². The molecule has 19 heavy (non-hydrogen) atoms. The first-order chi connectivity index (χ1) is 8.62. The van der Waals surface area contributed by atoms with E-state index in [1.807, 2.05) is 0 Å². The van der Waals surface area contributed by atoms with E-state index < -0.39 is 28.8 Å². The molecule has 1 rings (SSSR count). The van der Waals surface area contributed by atoms with Gasteiger partial charge in [-0.25, -0.2) is 8.78 Å². The second-order valence-corrected chi connectivity index (χ2v) is 5.94. The standard InChI is InChI=1S/C13H13BrF2O3/c1-13(2,6-12(18)19)5-11(17)7-3-10(16)8(14)4-9(7)15/h3-4H,5-6H2,1-2H3,(H,18,19). The molecule has 0 aliphatic heterocycles. The Hall–Kier alpha value is -1.30. The highest BCUT2D eigenvalue weighted by Gasteiger charge is 2.27. The van der Waals surface area contributed by atoms with Gasteiger partial charge in [0.1, 0.15) is 11.6 Å². The minimum atomic E-state index is -1.04. The Balaban J connectivity index is 2.96. The number of halogens is 3. The smallest absolute Gasteiger partial charge is 0.303 e. The van der Waals surface area contributed by atoms with Crippen LogP contribution in [0, 0.1) is 17.0 Å². The molecule has 0 unspecified atom stereocenters. The molecule has 0 heterocycles. The molecule has 0 aromatic heterocycles. The molecule has 0 aliphatic rings. The maximum absolute atomic E-state index is 13.6. The normalized spacial score (nSPS) is 11.4. The highest BCUT2D eigenvalue weighted by molar-refractivity contribution is 9.10. The van der Waals surface area contributed by atoms with Gasteiger partial charge in [0, 0.05) is 6.42 Å². The van der Waals surface area contributed by atoms with Crippen LogP contribution in [0.15, 0.2) is 16.6 Å². The topological polar surface area (TPSA) is 54.4 Å². The van der Waals surface area contributed by atoms with Crippen LogP contribution in [0.3, 0.4) is 0 Å². The Kier molecular flexibility index (Phi) is 4.79. The number of rotatable bonds is 5. The van der Waals surface area contributed by atoms with Gasteiger partial charge in [-0.05, 0) is 33.5 Å². The molecule has 3 nitrogen and oxygen atoms in total. The second-order valence-electron chi connectivity index (χ2n) is 5.08. The summed E-state index contributed by atoms with van der Waals surface area (Å²) in [6, 6.07) is 1.70. The molecule has 0 saturated carbocycles. The molecule has 0 bridgehead atoms. The number of carbonyl (C=O) groups is 2. The van der Waals surface area contributed by atoms with Crippen molar-refractivity contribution in [3.8, 4) is 0 Å². The number of aliphatic carboxylic acids is 1. The Morgan fingerprint density at radius 2 is 1.79 bits per heavy atom. The quantitative estimate of drug-likeness (QED) is 0.658. The fourth-order valence-corrected chi connectivity index (χ4v) is 2.05. The van der Waals surface area contributed by atoms with Gasteiger partial charge < -0.3 is 5.11 Å². The Labute approximate surface area is 117 Å². The highest BCUT2D eigenvalue weighted by Crippen LogP contribution is 2.29. The van der Waals surface area contributed by atoms with Crippen LogP contribution in [0.5, 0.6) is 0 Å². The molecule has 6 heteroatoms. The third kappa shape index (κ3) is 4.38. The van der Waals surface area contributed by atoms with Crippen molar-refractivity contribution in [3.63, 3.8) is 0 Å². The predicted molar refractivity (Wildman–Crippen MR) is 69.0 cm³/mol. The summed E-state index contributed by atoms with van der Waals surface area (Å²) in [5, 5.41) is 8.72. The second kappa shape index (κ2) is 5.77. The number of hydrogen-bond donors (Lipinski definition) is 1. The van der Waals surface area contributed by atoms with Crippen molar-refractivity contribution in [2.45, 2.75) is 26.7 Å². The number of carbonyl (C=O) groups excluding carboxylic acids is 1. The van der Waals surface area contributed by atoms with E-state index in [1.54, 1.807) is 13.8 Å². The van der Waals surface area contributed by atoms with Gasteiger partial charge in [-0.2, -0.15) is 0 Å². The maximum Gasteiger partial charge on any atom is 0.303 e. The summed E-state index contributed by atoms with van der Waals surface area (Å²) in [5.74, 6) is -3.22. The molecular weight excluding hydrogens is 322 g/mol. The lowest BCUT2D eigenvalue weighted by Crippen LogP contribution is -2.21. The SMILES string of the molecule is CC(C)(CC(=O)O)CC(=O)c1cc(F)c(Br)cc1F. The van der Waals surface area contributed by atoms with E-state index in [9.17, 15) is 18.4 Å². The molecule has 0 spiro atoms. The molecule has 1 aromatic carbocycles. The third-order valence-corrected chi connectivity index (χ3v) is 3.19. The van der Waals surface area contributed by atoms with Gasteiger partial charge >= 0.3 is 5.97 Å². The average Bonchev–Trinajstić information content (AvgIpc) is 2.20. The van der Waals surface area contributed by atoms with E-state index in [4.69, 9.17) is 5.11 Å². The van der Waals surface area contributed by atoms with Crippen molar-refractivity contribution in [1.82, 2.24) is 0 Å². The van der Waals surface area contributed by atoms with Crippen LogP contribution in [-0.2, 0) is 4.79 Å². The van der Waals surface area contributed by atoms with Gasteiger partial charge in [-0.3, -0.25) is 9.59 Å². The van der Waals surface area contributed by atoms with Gasteiger partial charge in [-0.15, -0.1) is 0 Å². The van der Waals surface area contributed by atoms with Crippen LogP contribution >= 0.6 is 15.9 Å².